The van der Waals surface area contributed by atoms with Crippen molar-refractivity contribution in [2.45, 2.75) is 29.9 Å². The van der Waals surface area contributed by atoms with Gasteiger partial charge in [0.25, 0.3) is 10.0 Å². The highest BCUT2D eigenvalue weighted by molar-refractivity contribution is 7.98. The number of nitrogens with zero attached hydrogens (tertiary/aromatic N) is 2. The topological polar surface area (TPSA) is 52.0 Å². The van der Waals surface area contributed by atoms with Crippen LogP contribution in [0.15, 0.2) is 47.6 Å². The van der Waals surface area contributed by atoms with Crippen molar-refractivity contribution in [2.75, 3.05) is 0 Å². The fourth-order valence-corrected chi connectivity index (χ4v) is 3.18. The van der Waals surface area contributed by atoms with E-state index < -0.39 is 15.3 Å². The van der Waals surface area contributed by atoms with Crippen LogP contribution >= 0.6 is 11.8 Å². The first-order valence-electron chi connectivity index (χ1n) is 5.97. The van der Waals surface area contributed by atoms with Crippen LogP contribution in [0.1, 0.15) is 19.4 Å². The summed E-state index contributed by atoms with van der Waals surface area (Å²) in [6.07, 6.45) is 1.50. The molecule has 0 N–H and O–H groups in total. The SMILES string of the molecule is CC(C)S(=O)(=O)n1ccc(SCc2ccccc2)n1. The molecule has 2 rings (SSSR count). The van der Waals surface area contributed by atoms with Gasteiger partial charge in [-0.2, -0.15) is 9.19 Å². The highest BCUT2D eigenvalue weighted by Gasteiger charge is 2.19. The van der Waals surface area contributed by atoms with Gasteiger partial charge in [-0.3, -0.25) is 0 Å². The molecule has 0 spiro atoms. The minimum atomic E-state index is -3.35. The Balaban J connectivity index is 2.06. The lowest BCUT2D eigenvalue weighted by Gasteiger charge is -2.06. The van der Waals surface area contributed by atoms with Gasteiger partial charge in [-0.15, -0.1) is 0 Å². The van der Waals surface area contributed by atoms with E-state index in [9.17, 15) is 8.42 Å². The summed E-state index contributed by atoms with van der Waals surface area (Å²) in [5.41, 5.74) is 1.19. The Morgan fingerprint density at radius 1 is 1.21 bits per heavy atom. The summed E-state index contributed by atoms with van der Waals surface area (Å²) in [7, 11) is -3.35. The van der Waals surface area contributed by atoms with Gasteiger partial charge in [0.05, 0.1) is 5.25 Å². The van der Waals surface area contributed by atoms with E-state index in [0.717, 1.165) is 9.84 Å². The predicted molar refractivity (Wildman–Crippen MR) is 77.7 cm³/mol. The van der Waals surface area contributed by atoms with Gasteiger partial charge in [0.2, 0.25) is 0 Å². The fraction of sp³-hybridized carbons (Fsp3) is 0.308. The normalized spacial score (nSPS) is 11.9. The van der Waals surface area contributed by atoms with E-state index in [1.807, 2.05) is 30.3 Å². The zero-order valence-electron chi connectivity index (χ0n) is 10.9. The van der Waals surface area contributed by atoms with E-state index in [2.05, 4.69) is 5.10 Å². The lowest BCUT2D eigenvalue weighted by molar-refractivity contribution is 0.569. The van der Waals surface area contributed by atoms with Crippen molar-refractivity contribution in [3.8, 4) is 0 Å². The average Bonchev–Trinajstić information content (AvgIpc) is 2.87. The first-order valence-corrected chi connectivity index (χ1v) is 8.46. The molecule has 19 heavy (non-hydrogen) atoms. The number of hydrogen-bond donors (Lipinski definition) is 0. The lowest BCUT2D eigenvalue weighted by Crippen LogP contribution is -2.22. The molecule has 0 saturated carbocycles. The van der Waals surface area contributed by atoms with Gasteiger partial charge in [-0.05, 0) is 25.5 Å². The first-order chi connectivity index (χ1) is 9.00. The lowest BCUT2D eigenvalue weighted by atomic mass is 10.2. The largest absolute Gasteiger partial charge is 0.256 e. The van der Waals surface area contributed by atoms with Gasteiger partial charge in [0.1, 0.15) is 5.03 Å². The third-order valence-electron chi connectivity index (χ3n) is 2.63. The molecule has 2 aromatic rings. The van der Waals surface area contributed by atoms with Crippen LogP contribution in [0.2, 0.25) is 0 Å². The van der Waals surface area contributed by atoms with Crippen LogP contribution in [0.3, 0.4) is 0 Å². The van der Waals surface area contributed by atoms with Gasteiger partial charge in [-0.25, -0.2) is 8.42 Å². The number of thioether (sulfide) groups is 1. The zero-order valence-corrected chi connectivity index (χ0v) is 12.5. The summed E-state index contributed by atoms with van der Waals surface area (Å²) in [6, 6.07) is 11.7. The highest BCUT2D eigenvalue weighted by Crippen LogP contribution is 2.21. The molecule has 1 aromatic carbocycles. The van der Waals surface area contributed by atoms with E-state index in [1.165, 1.54) is 23.5 Å². The average molecular weight is 296 g/mol. The summed E-state index contributed by atoms with van der Waals surface area (Å²) in [6.45, 7) is 3.29. The Bertz CT molecular complexity index is 634. The van der Waals surface area contributed by atoms with Crippen molar-refractivity contribution in [3.05, 3.63) is 48.2 Å². The Morgan fingerprint density at radius 2 is 1.89 bits per heavy atom. The molecule has 1 heterocycles. The van der Waals surface area contributed by atoms with Crippen LogP contribution in [-0.4, -0.2) is 22.9 Å². The number of rotatable bonds is 5. The van der Waals surface area contributed by atoms with Gasteiger partial charge < -0.3 is 0 Å². The molecule has 0 amide bonds. The molecule has 0 unspecified atom stereocenters. The fourth-order valence-electron chi connectivity index (χ4n) is 1.46. The van der Waals surface area contributed by atoms with Crippen molar-refractivity contribution in [1.82, 2.24) is 9.19 Å². The Hall–Kier alpha value is -1.27. The molecule has 0 aliphatic rings. The van der Waals surface area contributed by atoms with Gasteiger partial charge in [-0.1, -0.05) is 42.1 Å². The van der Waals surface area contributed by atoms with Crippen molar-refractivity contribution >= 4 is 21.8 Å². The summed E-state index contributed by atoms with van der Waals surface area (Å²) in [5.74, 6) is 0.777. The van der Waals surface area contributed by atoms with Crippen molar-refractivity contribution < 1.29 is 8.42 Å². The monoisotopic (exact) mass is 296 g/mol. The molecule has 1 aromatic heterocycles. The predicted octanol–water partition coefficient (Wildman–Crippen LogP) is 2.76. The number of benzene rings is 1. The van der Waals surface area contributed by atoms with Gasteiger partial charge >= 0.3 is 0 Å². The minimum absolute atomic E-state index is 0.473. The summed E-state index contributed by atoms with van der Waals surface area (Å²) in [5, 5.41) is 4.35. The van der Waals surface area contributed by atoms with Crippen LogP contribution in [0.5, 0.6) is 0 Å². The summed E-state index contributed by atoms with van der Waals surface area (Å²) in [4.78, 5) is 0. The molecule has 6 heteroatoms. The van der Waals surface area contributed by atoms with Crippen LogP contribution in [0.25, 0.3) is 0 Å². The molecule has 0 radical (unpaired) electrons. The van der Waals surface area contributed by atoms with E-state index in [4.69, 9.17) is 0 Å². The zero-order chi connectivity index (χ0) is 13.9. The maximum Gasteiger partial charge on any atom is 0.256 e. The molecule has 0 aliphatic heterocycles. The molecule has 0 bridgehead atoms. The minimum Gasteiger partial charge on any atom is -0.204 e. The molecule has 0 aliphatic carbocycles. The van der Waals surface area contributed by atoms with Crippen LogP contribution < -0.4 is 0 Å². The van der Waals surface area contributed by atoms with Gasteiger partial charge in [0.15, 0.2) is 0 Å². The standard InChI is InChI=1S/C13H16N2O2S2/c1-11(2)19(16,17)15-9-8-13(14-15)18-10-12-6-4-3-5-7-12/h3-9,11H,10H2,1-2H3. The van der Waals surface area contributed by atoms with Gasteiger partial charge in [0, 0.05) is 11.9 Å². The quantitative estimate of drug-likeness (QED) is 0.796. The molecular formula is C13H16N2O2S2. The Morgan fingerprint density at radius 3 is 2.53 bits per heavy atom. The van der Waals surface area contributed by atoms with Crippen molar-refractivity contribution in [2.24, 2.45) is 0 Å². The van der Waals surface area contributed by atoms with Crippen molar-refractivity contribution in [3.63, 3.8) is 0 Å². The maximum atomic E-state index is 11.9. The Kier molecular flexibility index (Phi) is 4.31. The number of aromatic nitrogens is 2. The Labute approximate surface area is 117 Å². The van der Waals surface area contributed by atoms with Crippen LogP contribution in [0.4, 0.5) is 0 Å². The van der Waals surface area contributed by atoms with Crippen LogP contribution in [0, 0.1) is 0 Å². The van der Waals surface area contributed by atoms with E-state index >= 15 is 0 Å². The van der Waals surface area contributed by atoms with E-state index in [-0.39, 0.29) is 0 Å². The third-order valence-corrected chi connectivity index (χ3v) is 5.54. The second-order valence-corrected chi connectivity index (χ2v) is 7.74. The van der Waals surface area contributed by atoms with Crippen LogP contribution in [-0.2, 0) is 15.8 Å². The first kappa shape index (κ1) is 14.1. The molecule has 0 atom stereocenters. The number of hydrogen-bond acceptors (Lipinski definition) is 4. The second kappa shape index (κ2) is 5.79. The van der Waals surface area contributed by atoms with E-state index in [0.29, 0.717) is 5.03 Å². The third kappa shape index (κ3) is 3.39. The highest BCUT2D eigenvalue weighted by atomic mass is 32.2. The van der Waals surface area contributed by atoms with E-state index in [1.54, 1.807) is 19.9 Å². The molecule has 0 fully saturated rings. The summed E-state index contributed by atoms with van der Waals surface area (Å²) < 4.78 is 24.9. The summed E-state index contributed by atoms with van der Waals surface area (Å²) >= 11 is 1.53. The second-order valence-electron chi connectivity index (χ2n) is 4.39. The molecule has 0 saturated heterocycles. The molecule has 102 valence electrons. The maximum absolute atomic E-state index is 11.9. The van der Waals surface area contributed by atoms with Crippen molar-refractivity contribution in [1.29, 1.82) is 0 Å². The smallest absolute Gasteiger partial charge is 0.204 e. The molecular weight excluding hydrogens is 280 g/mol. The molecule has 4 nitrogen and oxygen atoms in total.